The number of piperidine rings is 1. The molecule has 1 saturated heterocycles. The van der Waals surface area contributed by atoms with Crippen LogP contribution >= 0.6 is 11.6 Å². The van der Waals surface area contributed by atoms with Gasteiger partial charge in [0.1, 0.15) is 30.5 Å². The molecule has 0 saturated carbocycles. The third kappa shape index (κ3) is 4.29. The van der Waals surface area contributed by atoms with E-state index in [1.807, 2.05) is 6.07 Å². The fourth-order valence-corrected chi connectivity index (χ4v) is 3.55. The van der Waals surface area contributed by atoms with E-state index in [0.29, 0.717) is 28.8 Å². The van der Waals surface area contributed by atoms with E-state index in [0.717, 1.165) is 25.2 Å². The lowest BCUT2D eigenvalue weighted by Crippen LogP contribution is -2.41. The van der Waals surface area contributed by atoms with Crippen LogP contribution in [0.25, 0.3) is 5.82 Å². The summed E-state index contributed by atoms with van der Waals surface area (Å²) in [6.45, 7) is 1.38. The highest BCUT2D eigenvalue weighted by atomic mass is 35.5. The van der Waals surface area contributed by atoms with Crippen LogP contribution < -0.4 is 15.0 Å². The van der Waals surface area contributed by atoms with Crippen LogP contribution in [-0.2, 0) is 4.79 Å². The molecule has 1 fully saturated rings. The maximum atomic E-state index is 12.9. The number of hydrogen-bond donors (Lipinski definition) is 1. The summed E-state index contributed by atoms with van der Waals surface area (Å²) in [7, 11) is 1.56. The van der Waals surface area contributed by atoms with Crippen LogP contribution in [0.3, 0.4) is 0 Å². The number of rotatable bonds is 5. The van der Waals surface area contributed by atoms with Crippen LogP contribution in [0.15, 0.2) is 43.2 Å². The predicted octanol–water partition coefficient (Wildman–Crippen LogP) is 2.57. The molecule has 3 heterocycles. The van der Waals surface area contributed by atoms with Gasteiger partial charge in [-0.2, -0.15) is 5.10 Å². The highest BCUT2D eigenvalue weighted by molar-refractivity contribution is 6.31. The average molecular weight is 414 g/mol. The Kier molecular flexibility index (Phi) is 5.57. The van der Waals surface area contributed by atoms with E-state index >= 15 is 0 Å². The fourth-order valence-electron chi connectivity index (χ4n) is 3.37. The van der Waals surface area contributed by atoms with Crippen LogP contribution in [-0.4, -0.2) is 50.8 Å². The maximum absolute atomic E-state index is 12.9. The van der Waals surface area contributed by atoms with Gasteiger partial charge < -0.3 is 15.0 Å². The highest BCUT2D eigenvalue weighted by Crippen LogP contribution is 2.29. The minimum atomic E-state index is -0.183. The summed E-state index contributed by atoms with van der Waals surface area (Å²) in [5.41, 5.74) is 0.567. The number of nitrogens with one attached hydrogen (secondary N) is 1. The predicted molar refractivity (Wildman–Crippen MR) is 109 cm³/mol. The molecular formula is C19H20ClN7O2. The number of benzene rings is 1. The number of halogens is 1. The van der Waals surface area contributed by atoms with E-state index in [9.17, 15) is 4.79 Å². The van der Waals surface area contributed by atoms with Gasteiger partial charge in [-0.3, -0.25) is 4.79 Å². The number of aromatic nitrogens is 5. The monoisotopic (exact) mass is 413 g/mol. The Balaban J connectivity index is 1.48. The molecule has 150 valence electrons. The van der Waals surface area contributed by atoms with Gasteiger partial charge in [-0.15, -0.1) is 0 Å². The normalized spacial score (nSPS) is 16.5. The Hall–Kier alpha value is -3.20. The zero-order valence-electron chi connectivity index (χ0n) is 15.8. The van der Waals surface area contributed by atoms with Crippen molar-refractivity contribution in [3.8, 4) is 11.6 Å². The third-order valence-corrected chi connectivity index (χ3v) is 5.06. The Morgan fingerprint density at radius 2 is 2.10 bits per heavy atom. The van der Waals surface area contributed by atoms with Gasteiger partial charge >= 0.3 is 0 Å². The van der Waals surface area contributed by atoms with Crippen molar-refractivity contribution in [3.63, 3.8) is 0 Å². The minimum Gasteiger partial charge on any atom is -0.495 e. The van der Waals surface area contributed by atoms with Crippen molar-refractivity contribution in [2.24, 2.45) is 5.92 Å². The quantitative estimate of drug-likeness (QED) is 0.686. The van der Waals surface area contributed by atoms with E-state index in [2.05, 4.69) is 30.3 Å². The Bertz CT molecular complexity index is 996. The number of carbonyl (C=O) groups excluding carboxylic acids is 1. The Morgan fingerprint density at radius 1 is 1.24 bits per heavy atom. The molecule has 4 rings (SSSR count). The Morgan fingerprint density at radius 3 is 2.90 bits per heavy atom. The second kappa shape index (κ2) is 8.44. The molecule has 1 aliphatic rings. The smallest absolute Gasteiger partial charge is 0.229 e. The van der Waals surface area contributed by atoms with Crippen molar-refractivity contribution in [2.75, 3.05) is 30.4 Å². The third-order valence-electron chi connectivity index (χ3n) is 4.83. The number of ether oxygens (including phenoxy) is 1. The standard InChI is InChI=1S/C19H20ClN7O2/c1-29-16-5-4-14(20)7-15(16)25-19(28)13-3-2-6-26(9-13)17-8-18(23-11-22-17)27-12-21-10-24-27/h4-5,7-8,10-13H,2-3,6,9H2,1H3,(H,25,28)/t13-/m0/s1. The van der Waals surface area contributed by atoms with Crippen molar-refractivity contribution in [2.45, 2.75) is 12.8 Å². The molecule has 1 atom stereocenters. The van der Waals surface area contributed by atoms with E-state index in [-0.39, 0.29) is 11.8 Å². The minimum absolute atomic E-state index is 0.0687. The maximum Gasteiger partial charge on any atom is 0.229 e. The first-order chi connectivity index (χ1) is 14.1. The fraction of sp³-hybridized carbons (Fsp3) is 0.316. The topological polar surface area (TPSA) is 98.1 Å². The van der Waals surface area contributed by atoms with Crippen molar-refractivity contribution in [3.05, 3.63) is 48.3 Å². The molecule has 9 nitrogen and oxygen atoms in total. The summed E-state index contributed by atoms with van der Waals surface area (Å²) in [5, 5.41) is 7.58. The van der Waals surface area contributed by atoms with Gasteiger partial charge in [0.05, 0.1) is 18.7 Å². The van der Waals surface area contributed by atoms with Gasteiger partial charge in [0.25, 0.3) is 0 Å². The van der Waals surface area contributed by atoms with Gasteiger partial charge in [-0.05, 0) is 31.0 Å². The lowest BCUT2D eigenvalue weighted by molar-refractivity contribution is -0.120. The number of anilines is 2. The van der Waals surface area contributed by atoms with Gasteiger partial charge in [0.15, 0.2) is 5.82 Å². The SMILES string of the molecule is COc1ccc(Cl)cc1NC(=O)[C@H]1CCCN(c2cc(-n3cncn3)ncn2)C1. The zero-order chi connectivity index (χ0) is 20.2. The van der Waals surface area contributed by atoms with E-state index in [1.165, 1.54) is 12.7 Å². The number of amides is 1. The lowest BCUT2D eigenvalue weighted by atomic mass is 9.97. The molecule has 2 aromatic heterocycles. The lowest BCUT2D eigenvalue weighted by Gasteiger charge is -2.33. The van der Waals surface area contributed by atoms with Gasteiger partial charge in [0.2, 0.25) is 5.91 Å². The van der Waals surface area contributed by atoms with E-state index in [1.54, 1.807) is 36.3 Å². The molecule has 1 aliphatic heterocycles. The molecule has 3 aromatic rings. The molecule has 29 heavy (non-hydrogen) atoms. The molecule has 0 bridgehead atoms. The van der Waals surface area contributed by atoms with Crippen LogP contribution in [0.4, 0.5) is 11.5 Å². The number of methoxy groups -OCH3 is 1. The number of hydrogen-bond acceptors (Lipinski definition) is 7. The molecule has 1 amide bonds. The number of carbonyl (C=O) groups is 1. The van der Waals surface area contributed by atoms with Crippen LogP contribution in [0, 0.1) is 5.92 Å². The van der Waals surface area contributed by atoms with Crippen LogP contribution in [0.2, 0.25) is 5.02 Å². The average Bonchev–Trinajstić information content (AvgIpc) is 3.29. The molecule has 0 radical (unpaired) electrons. The zero-order valence-corrected chi connectivity index (χ0v) is 16.6. The van der Waals surface area contributed by atoms with Crippen molar-refractivity contribution < 1.29 is 9.53 Å². The summed E-state index contributed by atoms with van der Waals surface area (Å²) in [6, 6.07) is 6.99. The summed E-state index contributed by atoms with van der Waals surface area (Å²) in [4.78, 5) is 27.5. The molecule has 10 heteroatoms. The summed E-state index contributed by atoms with van der Waals surface area (Å²) >= 11 is 6.06. The van der Waals surface area contributed by atoms with Crippen molar-refractivity contribution >= 4 is 29.0 Å². The number of nitrogens with zero attached hydrogens (tertiary/aromatic N) is 6. The van der Waals surface area contributed by atoms with Crippen molar-refractivity contribution in [1.82, 2.24) is 24.7 Å². The molecule has 0 spiro atoms. The van der Waals surface area contributed by atoms with E-state index < -0.39 is 0 Å². The first-order valence-electron chi connectivity index (χ1n) is 9.20. The van der Waals surface area contributed by atoms with Gasteiger partial charge in [-0.25, -0.2) is 19.6 Å². The summed E-state index contributed by atoms with van der Waals surface area (Å²) < 4.78 is 6.89. The summed E-state index contributed by atoms with van der Waals surface area (Å²) in [5.74, 6) is 1.70. The molecule has 1 aromatic carbocycles. The van der Waals surface area contributed by atoms with Crippen LogP contribution in [0.5, 0.6) is 5.75 Å². The highest BCUT2D eigenvalue weighted by Gasteiger charge is 2.27. The molecular weight excluding hydrogens is 394 g/mol. The summed E-state index contributed by atoms with van der Waals surface area (Å²) in [6.07, 6.45) is 6.20. The largest absolute Gasteiger partial charge is 0.495 e. The second-order valence-electron chi connectivity index (χ2n) is 6.69. The Labute approximate surface area is 172 Å². The molecule has 0 unspecified atom stereocenters. The first-order valence-corrected chi connectivity index (χ1v) is 9.58. The van der Waals surface area contributed by atoms with Gasteiger partial charge in [-0.1, -0.05) is 11.6 Å². The molecule has 1 N–H and O–H groups in total. The van der Waals surface area contributed by atoms with Crippen LogP contribution in [0.1, 0.15) is 12.8 Å². The van der Waals surface area contributed by atoms with Gasteiger partial charge in [0, 0.05) is 24.2 Å². The van der Waals surface area contributed by atoms with Crippen molar-refractivity contribution in [1.29, 1.82) is 0 Å². The molecule has 0 aliphatic carbocycles. The van der Waals surface area contributed by atoms with E-state index in [4.69, 9.17) is 16.3 Å². The second-order valence-corrected chi connectivity index (χ2v) is 7.13. The first kappa shape index (κ1) is 19.1.